The van der Waals surface area contributed by atoms with E-state index in [9.17, 15) is 0 Å². The van der Waals surface area contributed by atoms with Crippen LogP contribution in [-0.2, 0) is 12.8 Å². The van der Waals surface area contributed by atoms with Crippen molar-refractivity contribution in [3.05, 3.63) is 48.8 Å². The highest BCUT2D eigenvalue weighted by Crippen LogP contribution is 2.11. The van der Waals surface area contributed by atoms with Crippen molar-refractivity contribution in [2.45, 2.75) is 25.7 Å². The molecule has 0 amide bonds. The lowest BCUT2D eigenvalue weighted by molar-refractivity contribution is 0.654. The topological polar surface area (TPSA) is 87.7 Å². The van der Waals surface area contributed by atoms with E-state index in [4.69, 9.17) is 11.5 Å². The molecule has 4 N–H and O–H groups in total. The highest BCUT2D eigenvalue weighted by Gasteiger charge is 2.10. The number of imidazole rings is 2. The van der Waals surface area contributed by atoms with Gasteiger partial charge in [0, 0.05) is 37.6 Å². The van der Waals surface area contributed by atoms with Crippen LogP contribution in [0.5, 0.6) is 0 Å². The van der Waals surface area contributed by atoms with Crippen molar-refractivity contribution in [3.8, 4) is 0 Å². The maximum absolute atomic E-state index is 5.56. The highest BCUT2D eigenvalue weighted by atomic mass is 15.2. The number of hydrogen-bond donors (Lipinski definition) is 2. The molecule has 0 unspecified atom stereocenters. The van der Waals surface area contributed by atoms with Crippen LogP contribution >= 0.6 is 0 Å². The number of nitrogens with zero attached hydrogens (tertiary/aromatic N) is 4. The molecule has 2 aromatic rings. The zero-order valence-corrected chi connectivity index (χ0v) is 11.7. The third-order valence-corrected chi connectivity index (χ3v) is 3.20. The molecule has 0 aliphatic carbocycles. The van der Waals surface area contributed by atoms with Gasteiger partial charge >= 0.3 is 0 Å². The van der Waals surface area contributed by atoms with E-state index in [0.29, 0.717) is 13.1 Å². The minimum atomic E-state index is 0.659. The molecule has 2 aromatic heterocycles. The first-order valence-corrected chi connectivity index (χ1v) is 6.92. The summed E-state index contributed by atoms with van der Waals surface area (Å²) in [6, 6.07) is 0. The summed E-state index contributed by atoms with van der Waals surface area (Å²) in [5.41, 5.74) is 11.1. The van der Waals surface area contributed by atoms with Crippen LogP contribution in [0.2, 0.25) is 0 Å². The summed E-state index contributed by atoms with van der Waals surface area (Å²) in [7, 11) is 0. The Morgan fingerprint density at radius 2 is 1.40 bits per heavy atom. The molecule has 0 aliphatic heterocycles. The number of aromatic nitrogens is 4. The minimum absolute atomic E-state index is 0.659. The first-order valence-electron chi connectivity index (χ1n) is 6.92. The fraction of sp³-hybridized carbons (Fsp3) is 0.429. The summed E-state index contributed by atoms with van der Waals surface area (Å²) < 4.78 is 3.98. The van der Waals surface area contributed by atoms with E-state index in [2.05, 4.69) is 16.5 Å². The zero-order chi connectivity index (χ0) is 14.4. The number of aryl methyl sites for hydroxylation is 2. The van der Waals surface area contributed by atoms with Gasteiger partial charge in [0.1, 0.15) is 17.5 Å². The SMILES string of the molecule is C=C(n1ccnc1CCCN)n1ccnc1CCCN. The number of hydrogen-bond acceptors (Lipinski definition) is 4. The molecular formula is C14H22N6. The number of nitrogens with two attached hydrogens (primary N) is 2. The predicted octanol–water partition coefficient (Wildman–Crippen LogP) is 0.656. The molecule has 0 saturated carbocycles. The van der Waals surface area contributed by atoms with Crippen LogP contribution in [0.15, 0.2) is 31.4 Å². The lowest BCUT2D eigenvalue weighted by Gasteiger charge is -2.14. The summed E-state index contributed by atoms with van der Waals surface area (Å²) in [6.07, 6.45) is 10.9. The lowest BCUT2D eigenvalue weighted by Crippen LogP contribution is -2.16. The Bertz CT molecular complexity index is 505. The largest absolute Gasteiger partial charge is 0.330 e. The first kappa shape index (κ1) is 14.5. The standard InChI is InChI=1S/C14H22N6/c1-12(19-10-8-17-13(19)4-2-6-15)20-11-9-18-14(20)5-3-7-16/h8-11H,1-7,15-16H2. The molecule has 0 atom stereocenters. The molecule has 0 saturated heterocycles. The molecule has 0 bridgehead atoms. The van der Waals surface area contributed by atoms with Gasteiger partial charge in [0.25, 0.3) is 0 Å². The Hall–Kier alpha value is -1.92. The van der Waals surface area contributed by atoms with Crippen LogP contribution in [0.3, 0.4) is 0 Å². The molecule has 2 rings (SSSR count). The van der Waals surface area contributed by atoms with Crippen LogP contribution in [0, 0.1) is 5.82 Å². The Morgan fingerprint density at radius 1 is 0.950 bits per heavy atom. The van der Waals surface area contributed by atoms with Gasteiger partial charge in [-0.15, -0.1) is 0 Å². The van der Waals surface area contributed by atoms with Gasteiger partial charge in [0.15, 0.2) is 0 Å². The van der Waals surface area contributed by atoms with Crippen molar-refractivity contribution < 1.29 is 0 Å². The van der Waals surface area contributed by atoms with Crippen molar-refractivity contribution in [1.29, 1.82) is 0 Å². The molecule has 2 heterocycles. The van der Waals surface area contributed by atoms with E-state index in [1.807, 2.05) is 21.5 Å². The van der Waals surface area contributed by atoms with Crippen LogP contribution in [0.25, 0.3) is 0 Å². The first-order chi connectivity index (χ1) is 9.77. The Balaban J connectivity index is 2.19. The van der Waals surface area contributed by atoms with Gasteiger partial charge in [-0.05, 0) is 25.9 Å². The van der Waals surface area contributed by atoms with Crippen LogP contribution < -0.4 is 11.5 Å². The van der Waals surface area contributed by atoms with E-state index in [1.165, 1.54) is 0 Å². The van der Waals surface area contributed by atoms with E-state index < -0.39 is 0 Å². The van der Waals surface area contributed by atoms with Crippen molar-refractivity contribution in [2.75, 3.05) is 13.1 Å². The quantitative estimate of drug-likeness (QED) is 0.740. The third kappa shape index (κ3) is 3.15. The van der Waals surface area contributed by atoms with Crippen molar-refractivity contribution in [2.24, 2.45) is 11.5 Å². The van der Waals surface area contributed by atoms with Crippen molar-refractivity contribution >= 4 is 0 Å². The van der Waals surface area contributed by atoms with Crippen molar-refractivity contribution in [3.63, 3.8) is 0 Å². The average Bonchev–Trinajstić information content (AvgIpc) is 3.10. The van der Waals surface area contributed by atoms with Gasteiger partial charge in [-0.3, -0.25) is 9.13 Å². The summed E-state index contributed by atoms with van der Waals surface area (Å²) in [6.45, 7) is 5.48. The monoisotopic (exact) mass is 274 g/mol. The maximum atomic E-state index is 5.56. The van der Waals surface area contributed by atoms with Crippen LogP contribution in [0.4, 0.5) is 0 Å². The van der Waals surface area contributed by atoms with Gasteiger partial charge in [-0.25, -0.2) is 9.97 Å². The van der Waals surface area contributed by atoms with Gasteiger partial charge < -0.3 is 11.5 Å². The van der Waals surface area contributed by atoms with Crippen LogP contribution in [-0.4, -0.2) is 32.2 Å². The molecule has 0 fully saturated rings. The molecule has 108 valence electrons. The molecular weight excluding hydrogens is 252 g/mol. The predicted molar refractivity (Wildman–Crippen MR) is 78.9 cm³/mol. The second-order valence-electron chi connectivity index (χ2n) is 4.63. The number of rotatable bonds is 8. The van der Waals surface area contributed by atoms with E-state index in [-0.39, 0.29) is 0 Å². The highest BCUT2D eigenvalue weighted by molar-refractivity contribution is 5.08. The summed E-state index contributed by atoms with van der Waals surface area (Å²) in [4.78, 5) is 8.74. The summed E-state index contributed by atoms with van der Waals surface area (Å²) in [5, 5.41) is 0. The summed E-state index contributed by atoms with van der Waals surface area (Å²) in [5.74, 6) is 2.77. The van der Waals surface area contributed by atoms with Gasteiger partial charge in [0.2, 0.25) is 0 Å². The van der Waals surface area contributed by atoms with E-state index in [1.54, 1.807) is 12.4 Å². The Kier molecular flexibility index (Phi) is 5.09. The third-order valence-electron chi connectivity index (χ3n) is 3.20. The average molecular weight is 274 g/mol. The molecule has 6 heteroatoms. The molecule has 0 radical (unpaired) electrons. The van der Waals surface area contributed by atoms with E-state index >= 15 is 0 Å². The molecule has 0 aromatic carbocycles. The lowest BCUT2D eigenvalue weighted by atomic mass is 10.3. The van der Waals surface area contributed by atoms with Crippen molar-refractivity contribution in [1.82, 2.24) is 19.1 Å². The molecule has 0 spiro atoms. The molecule has 20 heavy (non-hydrogen) atoms. The second kappa shape index (κ2) is 7.02. The fourth-order valence-corrected chi connectivity index (χ4v) is 2.14. The minimum Gasteiger partial charge on any atom is -0.330 e. The molecule has 0 aliphatic rings. The summed E-state index contributed by atoms with van der Waals surface area (Å²) >= 11 is 0. The van der Waals surface area contributed by atoms with Gasteiger partial charge in [-0.1, -0.05) is 6.58 Å². The Labute approximate surface area is 119 Å². The van der Waals surface area contributed by atoms with Gasteiger partial charge in [-0.2, -0.15) is 0 Å². The second-order valence-corrected chi connectivity index (χ2v) is 4.63. The van der Waals surface area contributed by atoms with E-state index in [0.717, 1.165) is 43.2 Å². The molecule has 6 nitrogen and oxygen atoms in total. The fourth-order valence-electron chi connectivity index (χ4n) is 2.14. The maximum Gasteiger partial charge on any atom is 0.116 e. The normalized spacial score (nSPS) is 10.9. The zero-order valence-electron chi connectivity index (χ0n) is 11.7. The van der Waals surface area contributed by atoms with Crippen LogP contribution in [0.1, 0.15) is 24.5 Å². The van der Waals surface area contributed by atoms with Gasteiger partial charge in [0.05, 0.1) is 0 Å². The smallest absolute Gasteiger partial charge is 0.116 e. The Morgan fingerprint density at radius 3 is 1.80 bits per heavy atom.